The third kappa shape index (κ3) is 5.97. The number of rotatable bonds is 3. The van der Waals surface area contributed by atoms with E-state index in [4.69, 9.17) is 4.52 Å². The quantitative estimate of drug-likeness (QED) is 0.264. The van der Waals surface area contributed by atoms with Gasteiger partial charge in [0.15, 0.2) is 7.05 Å². The van der Waals surface area contributed by atoms with Crippen LogP contribution >= 0.6 is 11.8 Å². The van der Waals surface area contributed by atoms with Crippen molar-refractivity contribution in [1.82, 2.24) is 0 Å². The molecular weight excluding hydrogens is 353 g/mol. The maximum Gasteiger partial charge on any atom is 0.673 e. The minimum absolute atomic E-state index is 0.907. The van der Waals surface area contributed by atoms with Gasteiger partial charge in [0, 0.05) is 10.5 Å². The van der Waals surface area contributed by atoms with Crippen molar-refractivity contribution in [3.63, 3.8) is 0 Å². The van der Waals surface area contributed by atoms with E-state index in [-0.39, 0.29) is 0 Å². The molecule has 3 aromatic rings. The van der Waals surface area contributed by atoms with E-state index < -0.39 is 7.25 Å². The van der Waals surface area contributed by atoms with Gasteiger partial charge in [0.25, 0.3) is 0 Å². The van der Waals surface area contributed by atoms with Gasteiger partial charge in [-0.2, -0.15) is 0 Å². The van der Waals surface area contributed by atoms with E-state index in [0.29, 0.717) is 0 Å². The molecule has 0 fully saturated rings. The molecule has 0 unspecified atom stereocenters. The van der Waals surface area contributed by atoms with Crippen molar-refractivity contribution in [3.8, 4) is 22.5 Å². The summed E-state index contributed by atoms with van der Waals surface area (Å²) in [4.78, 5) is 1.27. The van der Waals surface area contributed by atoms with Gasteiger partial charge in [0.05, 0.1) is 0 Å². The number of nitrogens with zero attached hydrogens (tertiary/aromatic N) is 1. The number of hydrogen-bond acceptors (Lipinski definition) is 2. The van der Waals surface area contributed by atoms with Crippen LogP contribution in [-0.2, 0) is 7.05 Å². The number of thioether (sulfide) groups is 1. The van der Waals surface area contributed by atoms with Gasteiger partial charge in [-0.15, -0.1) is 11.8 Å². The first-order valence-corrected chi connectivity index (χ1v) is 8.57. The Morgan fingerprint density at radius 1 is 0.880 bits per heavy atom. The summed E-state index contributed by atoms with van der Waals surface area (Å²) in [6.45, 7) is 0. The average molecular weight is 369 g/mol. The number of hydrogen-bond donors (Lipinski definition) is 0. The van der Waals surface area contributed by atoms with Crippen molar-refractivity contribution < 1.29 is 26.5 Å². The van der Waals surface area contributed by atoms with Crippen molar-refractivity contribution in [1.29, 1.82) is 0 Å². The molecule has 132 valence electrons. The summed E-state index contributed by atoms with van der Waals surface area (Å²) in [5.74, 6) is 0.907. The molecule has 25 heavy (non-hydrogen) atoms. The Balaban J connectivity index is 0.000000399. The van der Waals surface area contributed by atoms with E-state index in [1.165, 1.54) is 10.5 Å². The van der Waals surface area contributed by atoms with Crippen molar-refractivity contribution in [2.45, 2.75) is 4.90 Å². The molecule has 0 bridgehead atoms. The zero-order valence-electron chi connectivity index (χ0n) is 13.6. The van der Waals surface area contributed by atoms with E-state index in [1.54, 1.807) is 16.5 Å². The standard InChI is InChI=1S/C17H16NOS.BF4/c1-18-12-16(13-8-10-15(20-2)11-9-13)17(19-18)14-6-4-3-5-7-14;2-1(3,4)5/h3-12H,1-2H3;/q+1;-1. The molecule has 0 aliphatic rings. The van der Waals surface area contributed by atoms with E-state index in [0.717, 1.165) is 16.9 Å². The second-order valence-corrected chi connectivity index (χ2v) is 5.98. The molecule has 0 aliphatic heterocycles. The highest BCUT2D eigenvalue weighted by Gasteiger charge is 2.20. The predicted molar refractivity (Wildman–Crippen MR) is 92.7 cm³/mol. The fourth-order valence-electron chi connectivity index (χ4n) is 2.23. The summed E-state index contributed by atoms with van der Waals surface area (Å²) >= 11 is 1.75. The van der Waals surface area contributed by atoms with Crippen LogP contribution in [-0.4, -0.2) is 13.5 Å². The number of aromatic nitrogens is 1. The van der Waals surface area contributed by atoms with Gasteiger partial charge in [0.2, 0.25) is 12.0 Å². The van der Waals surface area contributed by atoms with E-state index in [1.807, 2.05) is 31.4 Å². The van der Waals surface area contributed by atoms with Gasteiger partial charge in [-0.3, -0.25) is 0 Å². The molecule has 2 nitrogen and oxygen atoms in total. The Morgan fingerprint density at radius 3 is 1.96 bits per heavy atom. The van der Waals surface area contributed by atoms with Crippen LogP contribution in [0.4, 0.5) is 17.3 Å². The summed E-state index contributed by atoms with van der Waals surface area (Å²) in [7, 11) is -4.09. The predicted octanol–water partition coefficient (Wildman–Crippen LogP) is 5.46. The summed E-state index contributed by atoms with van der Waals surface area (Å²) in [6.07, 6.45) is 4.11. The molecule has 0 spiro atoms. The first-order chi connectivity index (χ1) is 11.8. The molecule has 0 amide bonds. The van der Waals surface area contributed by atoms with E-state index in [9.17, 15) is 17.3 Å². The second-order valence-electron chi connectivity index (χ2n) is 5.10. The molecule has 0 saturated heterocycles. The van der Waals surface area contributed by atoms with Gasteiger partial charge in [-0.25, -0.2) is 4.52 Å². The Kier molecular flexibility index (Phi) is 6.30. The number of benzene rings is 2. The fraction of sp³-hybridized carbons (Fsp3) is 0.118. The first-order valence-electron chi connectivity index (χ1n) is 7.35. The molecule has 0 atom stereocenters. The molecule has 1 heterocycles. The zero-order chi connectivity index (χ0) is 18.4. The first kappa shape index (κ1) is 19.1. The Bertz CT molecular complexity index is 798. The lowest BCUT2D eigenvalue weighted by Crippen LogP contribution is -2.22. The van der Waals surface area contributed by atoms with E-state index >= 15 is 0 Å². The van der Waals surface area contributed by atoms with Crippen LogP contribution in [0.1, 0.15) is 0 Å². The maximum absolute atomic E-state index is 9.75. The summed E-state index contributed by atoms with van der Waals surface area (Å²) < 4.78 is 46.6. The Morgan fingerprint density at radius 2 is 1.44 bits per heavy atom. The molecule has 0 aliphatic carbocycles. The van der Waals surface area contributed by atoms with Crippen LogP contribution < -0.4 is 4.74 Å². The second kappa shape index (κ2) is 8.25. The number of aryl methyl sites for hydroxylation is 1. The van der Waals surface area contributed by atoms with Crippen molar-refractivity contribution in [2.24, 2.45) is 7.05 Å². The largest absolute Gasteiger partial charge is 0.673 e. The van der Waals surface area contributed by atoms with Crippen molar-refractivity contribution in [3.05, 3.63) is 60.8 Å². The average Bonchev–Trinajstić information content (AvgIpc) is 2.96. The lowest BCUT2D eigenvalue weighted by Gasteiger charge is -2.00. The third-order valence-electron chi connectivity index (χ3n) is 3.23. The summed E-state index contributed by atoms with van der Waals surface area (Å²) in [5, 5.41) is 0. The summed E-state index contributed by atoms with van der Waals surface area (Å²) in [5.41, 5.74) is 3.38. The van der Waals surface area contributed by atoms with Gasteiger partial charge in [0.1, 0.15) is 5.56 Å². The molecule has 8 heteroatoms. The van der Waals surface area contributed by atoms with E-state index in [2.05, 4.69) is 42.7 Å². The minimum Gasteiger partial charge on any atom is -0.418 e. The van der Waals surface area contributed by atoms with Gasteiger partial charge in [-0.05, 0) is 28.7 Å². The highest BCUT2D eigenvalue weighted by Crippen LogP contribution is 2.32. The monoisotopic (exact) mass is 369 g/mol. The number of halogens is 4. The van der Waals surface area contributed by atoms with Gasteiger partial charge >= 0.3 is 7.25 Å². The van der Waals surface area contributed by atoms with Crippen LogP contribution in [0.25, 0.3) is 22.5 Å². The lowest BCUT2D eigenvalue weighted by molar-refractivity contribution is -0.843. The Hall–Kier alpha value is -2.22. The molecule has 1 aromatic heterocycles. The van der Waals surface area contributed by atoms with Crippen molar-refractivity contribution in [2.75, 3.05) is 6.26 Å². The molecule has 3 rings (SSSR count). The smallest absolute Gasteiger partial charge is 0.418 e. The van der Waals surface area contributed by atoms with Crippen LogP contribution in [0.3, 0.4) is 0 Å². The molecule has 0 N–H and O–H groups in total. The minimum atomic E-state index is -6.00. The van der Waals surface area contributed by atoms with Gasteiger partial charge < -0.3 is 17.3 Å². The maximum atomic E-state index is 9.75. The Labute approximate surface area is 147 Å². The molecule has 2 aromatic carbocycles. The molecule has 0 saturated carbocycles. The van der Waals surface area contributed by atoms with Crippen LogP contribution in [0.2, 0.25) is 0 Å². The topological polar surface area (TPSA) is 17.0 Å². The SMILES string of the molecule is CSc1ccc(-c2c[n+](C)oc2-c2ccccc2)cc1.F[B-](F)(F)F. The highest BCUT2D eigenvalue weighted by molar-refractivity contribution is 7.98. The summed E-state index contributed by atoms with van der Waals surface area (Å²) in [6, 6.07) is 18.8. The highest BCUT2D eigenvalue weighted by atomic mass is 32.2. The normalized spacial score (nSPS) is 11.0. The zero-order valence-corrected chi connectivity index (χ0v) is 14.4. The molecule has 0 radical (unpaired) electrons. The fourth-order valence-corrected chi connectivity index (χ4v) is 2.64. The van der Waals surface area contributed by atoms with Gasteiger partial charge in [-0.1, -0.05) is 42.5 Å². The van der Waals surface area contributed by atoms with Crippen LogP contribution in [0.5, 0.6) is 0 Å². The van der Waals surface area contributed by atoms with Crippen molar-refractivity contribution >= 4 is 19.0 Å². The van der Waals surface area contributed by atoms with Crippen LogP contribution in [0.15, 0.2) is 70.2 Å². The van der Waals surface area contributed by atoms with Crippen LogP contribution in [0, 0.1) is 0 Å². The molecular formula is C17H16BF4NOS. The third-order valence-corrected chi connectivity index (χ3v) is 3.97. The lowest BCUT2D eigenvalue weighted by atomic mass is 10.0.